The number of carbonyl (C=O) groups is 1. The van der Waals surface area contributed by atoms with Gasteiger partial charge in [0.1, 0.15) is 5.54 Å². The van der Waals surface area contributed by atoms with Crippen molar-refractivity contribution in [1.82, 2.24) is 0 Å². The molecular formula is C11H14ClNO4S. The number of hydrogen-bond donors (Lipinski definition) is 1. The van der Waals surface area contributed by atoms with Crippen molar-refractivity contribution in [2.24, 2.45) is 0 Å². The Hall–Kier alpha value is -1.27. The van der Waals surface area contributed by atoms with Gasteiger partial charge >= 0.3 is 5.97 Å². The smallest absolute Gasteiger partial charge is 0.330 e. The minimum absolute atomic E-state index is 0.259. The number of nitrogens with zero attached hydrogens (tertiary/aromatic N) is 1. The molecule has 0 aliphatic rings. The molecule has 0 fully saturated rings. The van der Waals surface area contributed by atoms with Crippen LogP contribution in [0, 0.1) is 0 Å². The molecule has 0 unspecified atom stereocenters. The summed E-state index contributed by atoms with van der Waals surface area (Å²) in [7, 11) is -3.72. The summed E-state index contributed by atoms with van der Waals surface area (Å²) in [5.41, 5.74) is -1.32. The van der Waals surface area contributed by atoms with E-state index in [1.54, 1.807) is 0 Å². The first-order valence-corrected chi connectivity index (χ1v) is 7.29. The summed E-state index contributed by atoms with van der Waals surface area (Å²) in [6.07, 6.45) is 0.965. The van der Waals surface area contributed by atoms with Gasteiger partial charge in [-0.3, -0.25) is 4.31 Å². The number of sulfonamides is 1. The molecular weight excluding hydrogens is 278 g/mol. The number of aliphatic carboxylic acids is 1. The van der Waals surface area contributed by atoms with E-state index in [4.69, 9.17) is 16.7 Å². The number of rotatable bonds is 4. The van der Waals surface area contributed by atoms with Gasteiger partial charge in [0.25, 0.3) is 0 Å². The zero-order valence-corrected chi connectivity index (χ0v) is 11.8. The van der Waals surface area contributed by atoms with Gasteiger partial charge in [0, 0.05) is 5.02 Å². The van der Waals surface area contributed by atoms with Crippen molar-refractivity contribution in [3.05, 3.63) is 29.3 Å². The number of hydrogen-bond acceptors (Lipinski definition) is 3. The van der Waals surface area contributed by atoms with E-state index in [9.17, 15) is 13.2 Å². The van der Waals surface area contributed by atoms with Gasteiger partial charge < -0.3 is 5.11 Å². The fourth-order valence-corrected chi connectivity index (χ4v) is 3.13. The van der Waals surface area contributed by atoms with Crippen LogP contribution in [0.5, 0.6) is 0 Å². The Morgan fingerprint density at radius 3 is 2.06 bits per heavy atom. The summed E-state index contributed by atoms with van der Waals surface area (Å²) in [6.45, 7) is 2.65. The molecule has 1 aromatic rings. The summed E-state index contributed by atoms with van der Waals surface area (Å²) >= 11 is 5.72. The largest absolute Gasteiger partial charge is 0.479 e. The summed E-state index contributed by atoms with van der Waals surface area (Å²) in [5.74, 6) is -1.23. The van der Waals surface area contributed by atoms with Gasteiger partial charge in [-0.05, 0) is 38.1 Å². The molecule has 0 saturated heterocycles. The molecule has 0 aromatic heterocycles. The zero-order chi connectivity index (χ0) is 14.1. The van der Waals surface area contributed by atoms with Crippen molar-refractivity contribution in [3.8, 4) is 0 Å². The maximum atomic E-state index is 11.8. The average Bonchev–Trinajstić information content (AvgIpc) is 2.18. The Morgan fingerprint density at radius 2 is 1.72 bits per heavy atom. The van der Waals surface area contributed by atoms with Crippen LogP contribution in [-0.2, 0) is 14.8 Å². The van der Waals surface area contributed by atoms with Gasteiger partial charge in [-0.15, -0.1) is 0 Å². The third kappa shape index (κ3) is 2.94. The number of halogens is 1. The van der Waals surface area contributed by atoms with Crippen LogP contribution in [-0.4, -0.2) is 31.3 Å². The van der Waals surface area contributed by atoms with Crippen molar-refractivity contribution in [2.75, 3.05) is 10.6 Å². The summed E-state index contributed by atoms with van der Waals surface area (Å²) in [6, 6.07) is 5.95. The van der Waals surface area contributed by atoms with Crippen LogP contribution in [0.4, 0.5) is 5.69 Å². The topological polar surface area (TPSA) is 74.7 Å². The second kappa shape index (κ2) is 4.78. The summed E-state index contributed by atoms with van der Waals surface area (Å²) in [5, 5.41) is 9.60. The molecule has 100 valence electrons. The first-order valence-electron chi connectivity index (χ1n) is 5.06. The molecule has 18 heavy (non-hydrogen) atoms. The molecule has 5 nitrogen and oxygen atoms in total. The van der Waals surface area contributed by atoms with E-state index in [0.29, 0.717) is 5.02 Å². The molecule has 1 N–H and O–H groups in total. The monoisotopic (exact) mass is 291 g/mol. The van der Waals surface area contributed by atoms with Gasteiger partial charge in [0.2, 0.25) is 10.0 Å². The summed E-state index contributed by atoms with van der Waals surface area (Å²) < 4.78 is 24.5. The highest BCUT2D eigenvalue weighted by Gasteiger charge is 2.40. The summed E-state index contributed by atoms with van der Waals surface area (Å²) in [4.78, 5) is 11.2. The highest BCUT2D eigenvalue weighted by molar-refractivity contribution is 7.92. The molecule has 1 rings (SSSR count). The first-order chi connectivity index (χ1) is 8.06. The highest BCUT2D eigenvalue weighted by atomic mass is 35.5. The molecule has 0 saturated carbocycles. The Bertz CT molecular complexity index is 551. The van der Waals surface area contributed by atoms with Crippen LogP contribution in [0.1, 0.15) is 13.8 Å². The lowest BCUT2D eigenvalue weighted by Gasteiger charge is -2.34. The average molecular weight is 292 g/mol. The van der Waals surface area contributed by atoms with Crippen molar-refractivity contribution >= 4 is 33.3 Å². The van der Waals surface area contributed by atoms with Crippen LogP contribution >= 0.6 is 11.6 Å². The van der Waals surface area contributed by atoms with Crippen molar-refractivity contribution in [1.29, 1.82) is 0 Å². The molecule has 0 spiro atoms. The van der Waals surface area contributed by atoms with Crippen molar-refractivity contribution in [3.63, 3.8) is 0 Å². The van der Waals surface area contributed by atoms with Crippen LogP contribution in [0.15, 0.2) is 24.3 Å². The van der Waals surface area contributed by atoms with Gasteiger partial charge in [0.05, 0.1) is 11.9 Å². The van der Waals surface area contributed by atoms with Gasteiger partial charge in [0.15, 0.2) is 0 Å². The minimum Gasteiger partial charge on any atom is -0.479 e. The Morgan fingerprint density at radius 1 is 1.28 bits per heavy atom. The van der Waals surface area contributed by atoms with Gasteiger partial charge in [-0.25, -0.2) is 13.2 Å². The van der Waals surface area contributed by atoms with E-state index in [-0.39, 0.29) is 5.69 Å². The number of benzene rings is 1. The molecule has 0 heterocycles. The van der Waals surface area contributed by atoms with Crippen LogP contribution in [0.2, 0.25) is 5.02 Å². The quantitative estimate of drug-likeness (QED) is 0.920. The van der Waals surface area contributed by atoms with E-state index in [0.717, 1.165) is 10.6 Å². The SMILES string of the molecule is CC(C)(C(=O)O)N(c1ccc(Cl)cc1)S(C)(=O)=O. The minimum atomic E-state index is -3.72. The standard InChI is InChI=1S/C11H14ClNO4S/c1-11(2,10(14)15)13(18(3,16)17)9-6-4-8(12)5-7-9/h4-7H,1-3H3,(H,14,15). The number of anilines is 1. The lowest BCUT2D eigenvalue weighted by atomic mass is 10.1. The molecule has 0 atom stereocenters. The van der Waals surface area contributed by atoms with Crippen molar-refractivity contribution < 1.29 is 18.3 Å². The molecule has 0 radical (unpaired) electrons. The van der Waals surface area contributed by atoms with Crippen LogP contribution < -0.4 is 4.31 Å². The van der Waals surface area contributed by atoms with E-state index in [2.05, 4.69) is 0 Å². The van der Waals surface area contributed by atoms with E-state index >= 15 is 0 Å². The van der Waals surface area contributed by atoms with Crippen LogP contribution in [0.25, 0.3) is 0 Å². The predicted octanol–water partition coefficient (Wildman–Crippen LogP) is 1.97. The lowest BCUT2D eigenvalue weighted by Crippen LogP contribution is -2.53. The highest BCUT2D eigenvalue weighted by Crippen LogP contribution is 2.28. The first kappa shape index (κ1) is 14.8. The van der Waals surface area contributed by atoms with Gasteiger partial charge in [-0.1, -0.05) is 11.6 Å². The fourth-order valence-electron chi connectivity index (χ4n) is 1.59. The maximum absolute atomic E-state index is 11.8. The molecule has 0 bridgehead atoms. The molecule has 0 amide bonds. The van der Waals surface area contributed by atoms with Gasteiger partial charge in [-0.2, -0.15) is 0 Å². The molecule has 7 heteroatoms. The molecule has 0 aliphatic carbocycles. The lowest BCUT2D eigenvalue weighted by molar-refractivity contribution is -0.141. The zero-order valence-electron chi connectivity index (χ0n) is 10.2. The predicted molar refractivity (Wildman–Crippen MR) is 70.5 cm³/mol. The third-order valence-corrected chi connectivity index (χ3v) is 4.01. The number of carboxylic acid groups (broad SMARTS) is 1. The molecule has 1 aromatic carbocycles. The second-order valence-electron chi connectivity index (χ2n) is 4.37. The van der Waals surface area contributed by atoms with E-state index in [1.807, 2.05) is 0 Å². The fraction of sp³-hybridized carbons (Fsp3) is 0.364. The Kier molecular flexibility index (Phi) is 3.92. The molecule has 0 aliphatic heterocycles. The third-order valence-electron chi connectivity index (χ3n) is 2.42. The van der Waals surface area contributed by atoms with E-state index < -0.39 is 21.5 Å². The Balaban J connectivity index is 3.41. The van der Waals surface area contributed by atoms with Crippen molar-refractivity contribution in [2.45, 2.75) is 19.4 Å². The Labute approximate surface area is 111 Å². The maximum Gasteiger partial charge on any atom is 0.330 e. The number of carboxylic acids is 1. The second-order valence-corrected chi connectivity index (χ2v) is 6.64. The van der Waals surface area contributed by atoms with E-state index in [1.165, 1.54) is 38.1 Å². The normalized spacial score (nSPS) is 12.2. The van der Waals surface area contributed by atoms with Crippen LogP contribution in [0.3, 0.4) is 0 Å².